The van der Waals surface area contributed by atoms with Crippen molar-refractivity contribution in [1.82, 2.24) is 15.0 Å². The highest BCUT2D eigenvalue weighted by Gasteiger charge is 2.28. The number of halogens is 1. The maximum absolute atomic E-state index is 6.42. The summed E-state index contributed by atoms with van der Waals surface area (Å²) in [5, 5.41) is 0.691. The fourth-order valence-electron chi connectivity index (χ4n) is 4.50. The number of piperazine rings is 1. The molecule has 0 unspecified atom stereocenters. The van der Waals surface area contributed by atoms with Gasteiger partial charge in [0.05, 0.1) is 23.9 Å². The van der Waals surface area contributed by atoms with E-state index in [0.717, 1.165) is 61.6 Å². The SMILES string of the molecule is CSc1cccc(-c2cc(N3CCN(c4ncccc4Cl)C[C@H]3C)nc(N3CCOCC3)n2)c1. The normalized spacial score (nSPS) is 18.9. The van der Waals surface area contributed by atoms with E-state index in [9.17, 15) is 0 Å². The average Bonchev–Trinajstić information content (AvgIpc) is 2.89. The first-order valence-corrected chi connectivity index (χ1v) is 13.2. The van der Waals surface area contributed by atoms with Gasteiger partial charge in [-0.2, -0.15) is 4.98 Å². The van der Waals surface area contributed by atoms with Gasteiger partial charge in [0.25, 0.3) is 0 Å². The number of nitrogens with zero attached hydrogens (tertiary/aromatic N) is 6. The van der Waals surface area contributed by atoms with E-state index in [4.69, 9.17) is 26.3 Å². The first-order chi connectivity index (χ1) is 16.6. The predicted molar refractivity (Wildman–Crippen MR) is 141 cm³/mol. The Labute approximate surface area is 210 Å². The van der Waals surface area contributed by atoms with Crippen molar-refractivity contribution in [1.29, 1.82) is 0 Å². The lowest BCUT2D eigenvalue weighted by Gasteiger charge is -2.41. The van der Waals surface area contributed by atoms with Crippen LogP contribution in [-0.2, 0) is 4.74 Å². The van der Waals surface area contributed by atoms with Crippen molar-refractivity contribution in [2.24, 2.45) is 0 Å². The fourth-order valence-corrected chi connectivity index (χ4v) is 5.21. The molecule has 34 heavy (non-hydrogen) atoms. The Morgan fingerprint density at radius 1 is 1.00 bits per heavy atom. The van der Waals surface area contributed by atoms with Gasteiger partial charge in [-0.15, -0.1) is 11.8 Å². The van der Waals surface area contributed by atoms with E-state index < -0.39 is 0 Å². The van der Waals surface area contributed by atoms with Gasteiger partial charge in [-0.05, 0) is 37.4 Å². The maximum atomic E-state index is 6.42. The smallest absolute Gasteiger partial charge is 0.228 e. The van der Waals surface area contributed by atoms with Crippen LogP contribution in [0.4, 0.5) is 17.6 Å². The van der Waals surface area contributed by atoms with Crippen molar-refractivity contribution in [3.05, 3.63) is 53.7 Å². The van der Waals surface area contributed by atoms with E-state index in [1.807, 2.05) is 12.1 Å². The van der Waals surface area contributed by atoms with Gasteiger partial charge in [0, 0.05) is 61.5 Å². The summed E-state index contributed by atoms with van der Waals surface area (Å²) in [7, 11) is 0. The van der Waals surface area contributed by atoms with Crippen LogP contribution in [-0.4, -0.2) is 73.2 Å². The van der Waals surface area contributed by atoms with Gasteiger partial charge in [-0.1, -0.05) is 23.7 Å². The van der Waals surface area contributed by atoms with Crippen molar-refractivity contribution in [2.45, 2.75) is 17.9 Å². The second-order valence-electron chi connectivity index (χ2n) is 8.54. The molecule has 5 rings (SSSR count). The van der Waals surface area contributed by atoms with Gasteiger partial charge in [0.15, 0.2) is 0 Å². The highest BCUT2D eigenvalue weighted by molar-refractivity contribution is 7.98. The van der Waals surface area contributed by atoms with Crippen LogP contribution in [0.25, 0.3) is 11.3 Å². The van der Waals surface area contributed by atoms with Crippen molar-refractivity contribution in [3.63, 3.8) is 0 Å². The van der Waals surface area contributed by atoms with Gasteiger partial charge in [-0.3, -0.25) is 0 Å². The maximum Gasteiger partial charge on any atom is 0.228 e. The summed E-state index contributed by atoms with van der Waals surface area (Å²) < 4.78 is 5.56. The zero-order chi connectivity index (χ0) is 23.5. The molecule has 2 aromatic heterocycles. The van der Waals surface area contributed by atoms with E-state index in [1.165, 1.54) is 4.90 Å². The summed E-state index contributed by atoms with van der Waals surface area (Å²) >= 11 is 8.16. The summed E-state index contributed by atoms with van der Waals surface area (Å²) in [5.74, 6) is 2.58. The van der Waals surface area contributed by atoms with Crippen molar-refractivity contribution in [3.8, 4) is 11.3 Å². The molecule has 2 aliphatic rings. The molecule has 7 nitrogen and oxygen atoms in total. The van der Waals surface area contributed by atoms with Crippen molar-refractivity contribution < 1.29 is 4.74 Å². The first kappa shape index (κ1) is 23.2. The summed E-state index contributed by atoms with van der Waals surface area (Å²) in [6.45, 7) is 7.71. The molecule has 4 heterocycles. The monoisotopic (exact) mass is 496 g/mol. The Kier molecular flexibility index (Phi) is 7.08. The number of thioether (sulfide) groups is 1. The molecule has 0 amide bonds. The highest BCUT2D eigenvalue weighted by atomic mass is 35.5. The summed E-state index contributed by atoms with van der Waals surface area (Å²) in [5.41, 5.74) is 2.06. The minimum absolute atomic E-state index is 0.240. The number of aromatic nitrogens is 3. The molecule has 1 aromatic carbocycles. The Morgan fingerprint density at radius 2 is 1.85 bits per heavy atom. The Hall–Kier alpha value is -2.55. The predicted octanol–water partition coefficient (Wildman–Crippen LogP) is 4.47. The molecule has 178 valence electrons. The molecule has 0 spiro atoms. The minimum Gasteiger partial charge on any atom is -0.378 e. The Bertz CT molecular complexity index is 1140. The number of pyridine rings is 1. The zero-order valence-electron chi connectivity index (χ0n) is 19.5. The molecule has 2 fully saturated rings. The molecule has 2 saturated heterocycles. The van der Waals surface area contributed by atoms with Crippen molar-refractivity contribution >= 4 is 40.9 Å². The minimum atomic E-state index is 0.240. The Balaban J connectivity index is 1.47. The van der Waals surface area contributed by atoms with E-state index in [0.29, 0.717) is 18.2 Å². The standard InChI is InChI=1S/C25H29ClN6OS/c1-18-17-31(24-21(26)7-4-8-27-24)9-10-32(18)23-16-22(19-5-3-6-20(15-19)34-2)28-25(29-23)30-11-13-33-14-12-30/h3-8,15-16,18H,9-14,17H2,1-2H3/t18-/m1/s1. The topological polar surface area (TPSA) is 57.6 Å². The van der Waals surface area contributed by atoms with Gasteiger partial charge < -0.3 is 19.4 Å². The molecule has 2 aliphatic heterocycles. The number of morpholine rings is 1. The first-order valence-electron chi connectivity index (χ1n) is 11.6. The highest BCUT2D eigenvalue weighted by Crippen LogP contribution is 2.31. The summed E-state index contributed by atoms with van der Waals surface area (Å²) in [4.78, 5) is 22.6. The van der Waals surface area contributed by atoms with E-state index in [1.54, 1.807) is 18.0 Å². The quantitative estimate of drug-likeness (QED) is 0.480. The second-order valence-corrected chi connectivity index (χ2v) is 9.83. The average molecular weight is 497 g/mol. The molecule has 9 heteroatoms. The lowest BCUT2D eigenvalue weighted by molar-refractivity contribution is 0.122. The number of ether oxygens (including phenoxy) is 1. The third kappa shape index (κ3) is 4.94. The van der Waals surface area contributed by atoms with Crippen LogP contribution in [0, 0.1) is 0 Å². The van der Waals surface area contributed by atoms with Gasteiger partial charge in [0.2, 0.25) is 5.95 Å². The van der Waals surface area contributed by atoms with Gasteiger partial charge in [-0.25, -0.2) is 9.97 Å². The molecule has 0 N–H and O–H groups in total. The molecule has 0 bridgehead atoms. The van der Waals surface area contributed by atoms with Gasteiger partial charge in [0.1, 0.15) is 11.6 Å². The second kappa shape index (κ2) is 10.4. The summed E-state index contributed by atoms with van der Waals surface area (Å²) in [6, 6.07) is 14.7. The molecule has 0 saturated carbocycles. The number of anilines is 3. The van der Waals surface area contributed by atoms with E-state index in [-0.39, 0.29) is 6.04 Å². The number of benzene rings is 1. The van der Waals surface area contributed by atoms with E-state index in [2.05, 4.69) is 63.2 Å². The molecule has 3 aromatic rings. The largest absolute Gasteiger partial charge is 0.378 e. The van der Waals surface area contributed by atoms with Crippen LogP contribution in [0.2, 0.25) is 5.02 Å². The number of hydrogen-bond acceptors (Lipinski definition) is 8. The van der Waals surface area contributed by atoms with Crippen LogP contribution < -0.4 is 14.7 Å². The van der Waals surface area contributed by atoms with Crippen LogP contribution in [0.3, 0.4) is 0 Å². The summed E-state index contributed by atoms with van der Waals surface area (Å²) in [6.07, 6.45) is 3.89. The van der Waals surface area contributed by atoms with Crippen molar-refractivity contribution in [2.75, 3.05) is 66.9 Å². The number of hydrogen-bond donors (Lipinski definition) is 0. The third-order valence-electron chi connectivity index (χ3n) is 6.32. The van der Waals surface area contributed by atoms with Crippen LogP contribution >= 0.6 is 23.4 Å². The lowest BCUT2D eigenvalue weighted by Crippen LogP contribution is -2.53. The van der Waals surface area contributed by atoms with Crippen LogP contribution in [0.15, 0.2) is 53.6 Å². The lowest BCUT2D eigenvalue weighted by atomic mass is 10.1. The van der Waals surface area contributed by atoms with Gasteiger partial charge >= 0.3 is 0 Å². The Morgan fingerprint density at radius 3 is 2.62 bits per heavy atom. The molecule has 0 radical (unpaired) electrons. The number of rotatable bonds is 5. The van der Waals surface area contributed by atoms with E-state index >= 15 is 0 Å². The van der Waals surface area contributed by atoms with Crippen LogP contribution in [0.5, 0.6) is 0 Å². The molecular formula is C25H29ClN6OS. The molecule has 0 aliphatic carbocycles. The molecular weight excluding hydrogens is 468 g/mol. The van der Waals surface area contributed by atoms with Crippen LogP contribution in [0.1, 0.15) is 6.92 Å². The molecule has 1 atom stereocenters. The third-order valence-corrected chi connectivity index (χ3v) is 7.34. The fraction of sp³-hybridized carbons (Fsp3) is 0.400. The zero-order valence-corrected chi connectivity index (χ0v) is 21.1.